The van der Waals surface area contributed by atoms with Crippen molar-refractivity contribution in [3.63, 3.8) is 0 Å². The predicted molar refractivity (Wildman–Crippen MR) is 117 cm³/mol. The molecular formula is C22H22ClNO5S. The first-order valence-corrected chi connectivity index (χ1v) is 10.8. The zero-order valence-electron chi connectivity index (χ0n) is 16.8. The first kappa shape index (κ1) is 21.8. The first-order valence-electron chi connectivity index (χ1n) is 9.02. The van der Waals surface area contributed by atoms with Crippen LogP contribution in [0.1, 0.15) is 5.56 Å². The van der Waals surface area contributed by atoms with Gasteiger partial charge in [-0.1, -0.05) is 23.7 Å². The van der Waals surface area contributed by atoms with E-state index in [0.29, 0.717) is 28.5 Å². The highest BCUT2D eigenvalue weighted by Crippen LogP contribution is 2.32. The maximum Gasteiger partial charge on any atom is 0.266 e. The lowest BCUT2D eigenvalue weighted by Crippen LogP contribution is -2.30. The fourth-order valence-corrected chi connectivity index (χ4v) is 4.91. The number of benzene rings is 3. The van der Waals surface area contributed by atoms with E-state index in [1.54, 1.807) is 82.0 Å². The topological polar surface area (TPSA) is 65.1 Å². The Balaban J connectivity index is 2.12. The summed E-state index contributed by atoms with van der Waals surface area (Å²) < 4.78 is 44.3. The van der Waals surface area contributed by atoms with Gasteiger partial charge in [-0.05, 0) is 54.1 Å². The Bertz CT molecular complexity index is 1090. The van der Waals surface area contributed by atoms with Gasteiger partial charge in [-0.3, -0.25) is 4.31 Å². The monoisotopic (exact) mass is 447 g/mol. The second kappa shape index (κ2) is 9.28. The molecule has 0 fully saturated rings. The van der Waals surface area contributed by atoms with Crippen molar-refractivity contribution in [1.29, 1.82) is 0 Å². The molecule has 3 rings (SSSR count). The number of nitrogens with zero attached hydrogens (tertiary/aromatic N) is 1. The normalized spacial score (nSPS) is 11.1. The van der Waals surface area contributed by atoms with Gasteiger partial charge in [0.25, 0.3) is 10.0 Å². The summed E-state index contributed by atoms with van der Waals surface area (Å²) in [7, 11) is 0.672. The maximum absolute atomic E-state index is 13.6. The molecule has 3 aromatic rings. The summed E-state index contributed by atoms with van der Waals surface area (Å²) in [5.74, 6) is 1.75. The van der Waals surface area contributed by atoms with Crippen LogP contribution in [0.15, 0.2) is 71.6 Å². The van der Waals surface area contributed by atoms with Crippen LogP contribution in [-0.2, 0) is 16.6 Å². The van der Waals surface area contributed by atoms with Crippen LogP contribution < -0.4 is 18.5 Å². The number of halogens is 1. The van der Waals surface area contributed by atoms with E-state index in [1.165, 1.54) is 10.4 Å². The van der Waals surface area contributed by atoms with Crippen molar-refractivity contribution in [2.45, 2.75) is 11.4 Å². The maximum atomic E-state index is 13.6. The highest BCUT2D eigenvalue weighted by atomic mass is 35.5. The Morgan fingerprint density at radius 3 is 1.90 bits per heavy atom. The molecular weight excluding hydrogens is 426 g/mol. The van der Waals surface area contributed by atoms with Crippen LogP contribution in [-0.4, -0.2) is 29.7 Å². The van der Waals surface area contributed by atoms with Crippen LogP contribution in [0.4, 0.5) is 5.69 Å². The molecule has 0 aromatic heterocycles. The van der Waals surface area contributed by atoms with E-state index < -0.39 is 10.0 Å². The van der Waals surface area contributed by atoms with Gasteiger partial charge in [0.2, 0.25) is 0 Å². The third kappa shape index (κ3) is 4.63. The van der Waals surface area contributed by atoms with Gasteiger partial charge in [0.05, 0.1) is 38.6 Å². The minimum Gasteiger partial charge on any atom is -0.497 e. The number of rotatable bonds is 8. The van der Waals surface area contributed by atoms with Crippen molar-refractivity contribution in [3.8, 4) is 17.2 Å². The summed E-state index contributed by atoms with van der Waals surface area (Å²) in [5.41, 5.74) is 1.16. The zero-order valence-corrected chi connectivity index (χ0v) is 18.4. The van der Waals surface area contributed by atoms with E-state index in [0.717, 1.165) is 0 Å². The molecule has 8 heteroatoms. The molecule has 0 spiro atoms. The lowest BCUT2D eigenvalue weighted by molar-refractivity contribution is 0.393. The molecule has 0 amide bonds. The number of ether oxygens (including phenoxy) is 3. The molecule has 0 atom stereocenters. The van der Waals surface area contributed by atoms with Crippen molar-refractivity contribution in [2.75, 3.05) is 25.6 Å². The molecule has 0 N–H and O–H groups in total. The van der Waals surface area contributed by atoms with E-state index in [2.05, 4.69) is 0 Å². The Morgan fingerprint density at radius 2 is 1.37 bits per heavy atom. The second-order valence-electron chi connectivity index (χ2n) is 6.36. The molecule has 0 aliphatic rings. The molecule has 0 heterocycles. The van der Waals surface area contributed by atoms with Crippen LogP contribution in [0.25, 0.3) is 0 Å². The second-order valence-corrected chi connectivity index (χ2v) is 8.60. The van der Waals surface area contributed by atoms with Crippen LogP contribution >= 0.6 is 11.6 Å². The summed E-state index contributed by atoms with van der Waals surface area (Å²) in [5, 5.41) is 0.152. The summed E-state index contributed by atoms with van der Waals surface area (Å²) in [4.78, 5) is 0.0253. The van der Waals surface area contributed by atoms with Crippen LogP contribution in [0.2, 0.25) is 5.02 Å². The third-order valence-corrected chi connectivity index (χ3v) is 6.78. The van der Waals surface area contributed by atoms with Crippen molar-refractivity contribution < 1.29 is 22.6 Å². The summed E-state index contributed by atoms with van der Waals surface area (Å²) >= 11 is 6.22. The molecule has 0 unspecified atom stereocenters. The van der Waals surface area contributed by atoms with Crippen molar-refractivity contribution in [2.24, 2.45) is 0 Å². The SMILES string of the molecule is COc1ccc(N(Cc2cc(OC)cc(OC)c2)S(=O)(=O)c2ccccc2Cl)cc1. The van der Waals surface area contributed by atoms with Crippen molar-refractivity contribution in [3.05, 3.63) is 77.3 Å². The largest absolute Gasteiger partial charge is 0.497 e. The number of methoxy groups -OCH3 is 3. The van der Waals surface area contributed by atoms with Gasteiger partial charge >= 0.3 is 0 Å². The molecule has 0 aliphatic carbocycles. The Labute approximate surface area is 181 Å². The number of anilines is 1. The molecule has 0 radical (unpaired) electrons. The quantitative estimate of drug-likeness (QED) is 0.498. The smallest absolute Gasteiger partial charge is 0.266 e. The molecule has 0 aliphatic heterocycles. The van der Waals surface area contributed by atoms with Gasteiger partial charge in [-0.25, -0.2) is 8.42 Å². The van der Waals surface area contributed by atoms with Gasteiger partial charge in [0, 0.05) is 6.07 Å². The fourth-order valence-electron chi connectivity index (χ4n) is 2.96. The molecule has 158 valence electrons. The molecule has 0 bridgehead atoms. The fraction of sp³-hybridized carbons (Fsp3) is 0.182. The zero-order chi connectivity index (χ0) is 21.7. The van der Waals surface area contributed by atoms with Gasteiger partial charge < -0.3 is 14.2 Å². The number of hydrogen-bond acceptors (Lipinski definition) is 5. The predicted octanol–water partition coefficient (Wildman–Crippen LogP) is 4.76. The van der Waals surface area contributed by atoms with Gasteiger partial charge in [0.15, 0.2) is 0 Å². The Kier molecular flexibility index (Phi) is 6.74. The lowest BCUT2D eigenvalue weighted by atomic mass is 10.2. The van der Waals surface area contributed by atoms with Gasteiger partial charge in [-0.2, -0.15) is 0 Å². The minimum atomic E-state index is -3.96. The van der Waals surface area contributed by atoms with Crippen LogP contribution in [0.3, 0.4) is 0 Å². The number of sulfonamides is 1. The average Bonchev–Trinajstić information content (AvgIpc) is 2.77. The summed E-state index contributed by atoms with van der Waals surface area (Å²) in [6, 6.07) is 18.4. The molecule has 30 heavy (non-hydrogen) atoms. The van der Waals surface area contributed by atoms with Crippen LogP contribution in [0, 0.1) is 0 Å². The first-order chi connectivity index (χ1) is 14.4. The van der Waals surface area contributed by atoms with Crippen molar-refractivity contribution >= 4 is 27.3 Å². The highest BCUT2D eigenvalue weighted by Gasteiger charge is 2.27. The van der Waals surface area contributed by atoms with E-state index >= 15 is 0 Å². The molecule has 0 saturated carbocycles. The van der Waals surface area contributed by atoms with Crippen LogP contribution in [0.5, 0.6) is 17.2 Å². The lowest BCUT2D eigenvalue weighted by Gasteiger charge is -2.25. The molecule has 3 aromatic carbocycles. The average molecular weight is 448 g/mol. The van der Waals surface area contributed by atoms with E-state index in [4.69, 9.17) is 25.8 Å². The Morgan fingerprint density at radius 1 is 0.800 bits per heavy atom. The number of hydrogen-bond donors (Lipinski definition) is 0. The Hall–Kier alpha value is -2.90. The molecule has 6 nitrogen and oxygen atoms in total. The minimum absolute atomic E-state index is 0.0253. The highest BCUT2D eigenvalue weighted by molar-refractivity contribution is 7.93. The van der Waals surface area contributed by atoms with E-state index in [-0.39, 0.29) is 16.5 Å². The third-order valence-electron chi connectivity index (χ3n) is 4.50. The van der Waals surface area contributed by atoms with Crippen molar-refractivity contribution in [1.82, 2.24) is 0 Å². The standard InChI is InChI=1S/C22H22ClNO5S/c1-27-18-10-8-17(9-11-18)24(30(25,26)22-7-5-4-6-21(22)23)15-16-12-19(28-2)14-20(13-16)29-3/h4-14H,15H2,1-3H3. The summed E-state index contributed by atoms with van der Waals surface area (Å²) in [6.07, 6.45) is 0. The van der Waals surface area contributed by atoms with E-state index in [9.17, 15) is 8.42 Å². The van der Waals surface area contributed by atoms with Gasteiger partial charge in [-0.15, -0.1) is 0 Å². The molecule has 0 saturated heterocycles. The summed E-state index contributed by atoms with van der Waals surface area (Å²) in [6.45, 7) is 0.0491. The van der Waals surface area contributed by atoms with Gasteiger partial charge in [0.1, 0.15) is 22.1 Å². The van der Waals surface area contributed by atoms with E-state index in [1.807, 2.05) is 0 Å².